The van der Waals surface area contributed by atoms with Crippen molar-refractivity contribution in [2.75, 3.05) is 11.9 Å². The van der Waals surface area contributed by atoms with Crippen molar-refractivity contribution in [1.82, 2.24) is 9.38 Å². The van der Waals surface area contributed by atoms with E-state index in [0.717, 1.165) is 33.3 Å². The summed E-state index contributed by atoms with van der Waals surface area (Å²) < 4.78 is 7.67. The highest BCUT2D eigenvalue weighted by Crippen LogP contribution is 2.24. The van der Waals surface area contributed by atoms with Crippen LogP contribution in [0.15, 0.2) is 66.2 Å². The molecule has 5 nitrogen and oxygen atoms in total. The summed E-state index contributed by atoms with van der Waals surface area (Å²) in [6, 6.07) is 17.5. The van der Waals surface area contributed by atoms with Crippen LogP contribution in [-0.2, 0) is 11.2 Å². The number of benzene rings is 2. The molecule has 0 atom stereocenters. The van der Waals surface area contributed by atoms with Gasteiger partial charge in [0.1, 0.15) is 5.75 Å². The van der Waals surface area contributed by atoms with Crippen LogP contribution >= 0.6 is 11.3 Å². The number of rotatable bonds is 7. The molecule has 0 saturated carbocycles. The third-order valence-corrected chi connectivity index (χ3v) is 5.30. The lowest BCUT2D eigenvalue weighted by Gasteiger charge is -2.10. The molecule has 0 saturated heterocycles. The number of carbonyl (C=O) groups excluding carboxylic acids is 1. The Kier molecular flexibility index (Phi) is 5.62. The van der Waals surface area contributed by atoms with Crippen LogP contribution in [0.4, 0.5) is 5.69 Å². The van der Waals surface area contributed by atoms with Crippen molar-refractivity contribution in [1.29, 1.82) is 0 Å². The second-order valence-electron chi connectivity index (χ2n) is 7.33. The highest BCUT2D eigenvalue weighted by molar-refractivity contribution is 7.15. The second-order valence-corrected chi connectivity index (χ2v) is 8.16. The van der Waals surface area contributed by atoms with Crippen LogP contribution in [0.5, 0.6) is 5.75 Å². The van der Waals surface area contributed by atoms with Crippen molar-refractivity contribution in [3.8, 4) is 17.0 Å². The van der Waals surface area contributed by atoms with Gasteiger partial charge in [0.25, 0.3) is 0 Å². The summed E-state index contributed by atoms with van der Waals surface area (Å²) in [7, 11) is 0. The summed E-state index contributed by atoms with van der Waals surface area (Å²) in [6.45, 7) is 4.90. The molecule has 0 unspecified atom stereocenters. The Hall–Kier alpha value is -3.12. The second kappa shape index (κ2) is 8.49. The molecule has 1 N–H and O–H groups in total. The molecule has 1 amide bonds. The van der Waals surface area contributed by atoms with Gasteiger partial charge in [0.15, 0.2) is 4.96 Å². The van der Waals surface area contributed by atoms with Gasteiger partial charge in [-0.25, -0.2) is 4.98 Å². The van der Waals surface area contributed by atoms with Gasteiger partial charge in [0.2, 0.25) is 5.91 Å². The molecule has 0 aliphatic heterocycles. The van der Waals surface area contributed by atoms with Gasteiger partial charge in [0, 0.05) is 28.5 Å². The number of thiazole rings is 1. The van der Waals surface area contributed by atoms with E-state index >= 15 is 0 Å². The smallest absolute Gasteiger partial charge is 0.230 e. The molecule has 0 aliphatic rings. The average molecular weight is 406 g/mol. The Morgan fingerprint density at radius 1 is 1.14 bits per heavy atom. The lowest BCUT2D eigenvalue weighted by Crippen LogP contribution is -2.15. The third kappa shape index (κ3) is 4.66. The molecular weight excluding hydrogens is 382 g/mol. The summed E-state index contributed by atoms with van der Waals surface area (Å²) in [4.78, 5) is 18.1. The van der Waals surface area contributed by atoms with E-state index in [2.05, 4.69) is 24.1 Å². The van der Waals surface area contributed by atoms with Gasteiger partial charge in [-0.2, -0.15) is 0 Å². The molecule has 2 heterocycles. The number of ether oxygens (including phenoxy) is 1. The molecule has 4 rings (SSSR count). The minimum atomic E-state index is -0.0597. The van der Waals surface area contributed by atoms with Crippen LogP contribution in [0, 0.1) is 5.92 Å². The fourth-order valence-electron chi connectivity index (χ4n) is 2.97. The molecule has 148 valence electrons. The number of imidazole rings is 1. The third-order valence-electron chi connectivity index (χ3n) is 4.42. The molecule has 0 aliphatic carbocycles. The van der Waals surface area contributed by atoms with Gasteiger partial charge in [-0.3, -0.25) is 9.20 Å². The minimum absolute atomic E-state index is 0.0597. The summed E-state index contributed by atoms with van der Waals surface area (Å²) in [5.74, 6) is 1.22. The highest BCUT2D eigenvalue weighted by atomic mass is 32.1. The molecule has 0 bridgehead atoms. The first-order chi connectivity index (χ1) is 14.1. The lowest BCUT2D eigenvalue weighted by atomic mass is 10.2. The van der Waals surface area contributed by atoms with Crippen molar-refractivity contribution in [3.05, 3.63) is 71.9 Å². The molecule has 29 heavy (non-hydrogen) atoms. The van der Waals surface area contributed by atoms with Gasteiger partial charge in [-0.1, -0.05) is 44.2 Å². The fraction of sp³-hybridized carbons (Fsp3) is 0.217. The average Bonchev–Trinajstić information content (AvgIpc) is 3.30. The van der Waals surface area contributed by atoms with Crippen LogP contribution in [0.25, 0.3) is 16.2 Å². The largest absolute Gasteiger partial charge is 0.493 e. The van der Waals surface area contributed by atoms with E-state index in [-0.39, 0.29) is 12.3 Å². The Morgan fingerprint density at radius 3 is 2.62 bits per heavy atom. The van der Waals surface area contributed by atoms with Crippen molar-refractivity contribution < 1.29 is 9.53 Å². The number of nitrogens with zero attached hydrogens (tertiary/aromatic N) is 2. The maximum atomic E-state index is 12.5. The van der Waals surface area contributed by atoms with Gasteiger partial charge in [-0.05, 0) is 30.2 Å². The summed E-state index contributed by atoms with van der Waals surface area (Å²) in [5.41, 5.74) is 3.66. The van der Waals surface area contributed by atoms with Crippen molar-refractivity contribution in [3.63, 3.8) is 0 Å². The number of amides is 1. The number of carbonyl (C=O) groups is 1. The van der Waals surface area contributed by atoms with Crippen LogP contribution < -0.4 is 10.1 Å². The topological polar surface area (TPSA) is 55.6 Å². The molecule has 6 heteroatoms. The molecule has 0 fully saturated rings. The van der Waals surface area contributed by atoms with Gasteiger partial charge < -0.3 is 10.1 Å². The Balaban J connectivity index is 1.42. The zero-order valence-corrected chi connectivity index (χ0v) is 17.3. The molecule has 2 aromatic carbocycles. The Labute approximate surface area is 174 Å². The van der Waals surface area contributed by atoms with E-state index in [1.165, 1.54) is 0 Å². The first-order valence-electron chi connectivity index (χ1n) is 9.62. The normalized spacial score (nSPS) is 11.1. The van der Waals surface area contributed by atoms with Gasteiger partial charge >= 0.3 is 0 Å². The molecule has 4 aromatic rings. The van der Waals surface area contributed by atoms with E-state index in [1.807, 2.05) is 70.6 Å². The predicted octanol–water partition coefficient (Wildman–Crippen LogP) is 5.28. The van der Waals surface area contributed by atoms with E-state index in [4.69, 9.17) is 4.74 Å². The van der Waals surface area contributed by atoms with Gasteiger partial charge in [0.05, 0.1) is 18.7 Å². The SMILES string of the molecule is CC(C)COc1ccc(NC(=O)Cc2csc3nc(-c4ccccc4)cn23)cc1. The van der Waals surface area contributed by atoms with Gasteiger partial charge in [-0.15, -0.1) is 11.3 Å². The van der Waals surface area contributed by atoms with E-state index in [9.17, 15) is 4.79 Å². The van der Waals surface area contributed by atoms with Crippen LogP contribution in [0.1, 0.15) is 19.5 Å². The molecule has 2 aromatic heterocycles. The number of hydrogen-bond acceptors (Lipinski definition) is 4. The van der Waals surface area contributed by atoms with E-state index < -0.39 is 0 Å². The summed E-state index contributed by atoms with van der Waals surface area (Å²) >= 11 is 1.54. The monoisotopic (exact) mass is 405 g/mol. The van der Waals surface area contributed by atoms with Crippen LogP contribution in [0.2, 0.25) is 0 Å². The first-order valence-corrected chi connectivity index (χ1v) is 10.5. The number of aromatic nitrogens is 2. The summed E-state index contributed by atoms with van der Waals surface area (Å²) in [5, 5.41) is 4.94. The lowest BCUT2D eigenvalue weighted by molar-refractivity contribution is -0.115. The number of fused-ring (bicyclic) bond motifs is 1. The number of anilines is 1. The highest BCUT2D eigenvalue weighted by Gasteiger charge is 2.13. The molecule has 0 radical (unpaired) electrons. The van der Waals surface area contributed by atoms with Crippen molar-refractivity contribution in [2.45, 2.75) is 20.3 Å². The van der Waals surface area contributed by atoms with Crippen LogP contribution in [0.3, 0.4) is 0 Å². The fourth-order valence-corrected chi connectivity index (χ4v) is 3.84. The maximum absolute atomic E-state index is 12.5. The molecule has 0 spiro atoms. The zero-order valence-electron chi connectivity index (χ0n) is 16.5. The maximum Gasteiger partial charge on any atom is 0.230 e. The van der Waals surface area contributed by atoms with Crippen molar-refractivity contribution >= 4 is 27.9 Å². The zero-order chi connectivity index (χ0) is 20.2. The van der Waals surface area contributed by atoms with Crippen molar-refractivity contribution in [2.24, 2.45) is 5.92 Å². The quantitative estimate of drug-likeness (QED) is 0.455. The summed E-state index contributed by atoms with van der Waals surface area (Å²) in [6.07, 6.45) is 2.28. The Bertz CT molecular complexity index is 1100. The molecular formula is C23H23N3O2S. The van der Waals surface area contributed by atoms with E-state index in [1.54, 1.807) is 11.3 Å². The number of hydrogen-bond donors (Lipinski definition) is 1. The van der Waals surface area contributed by atoms with E-state index in [0.29, 0.717) is 12.5 Å². The Morgan fingerprint density at radius 2 is 1.90 bits per heavy atom. The van der Waals surface area contributed by atoms with Crippen LogP contribution in [-0.4, -0.2) is 21.9 Å². The number of nitrogens with one attached hydrogen (secondary N) is 1. The first kappa shape index (κ1) is 19.2. The standard InChI is InChI=1S/C23H23N3O2S/c1-16(2)14-28-20-10-8-18(9-11-20)24-22(27)12-19-15-29-23-25-21(13-26(19)23)17-6-4-3-5-7-17/h3-11,13,15-16H,12,14H2,1-2H3,(H,24,27). The minimum Gasteiger partial charge on any atom is -0.493 e. The predicted molar refractivity (Wildman–Crippen MR) is 118 cm³/mol.